The van der Waals surface area contributed by atoms with Crippen molar-refractivity contribution in [3.8, 4) is 0 Å². The quantitative estimate of drug-likeness (QED) is 0.426. The second kappa shape index (κ2) is 21.8. The number of hydrogen-bond donors (Lipinski definition) is 3. The van der Waals surface area contributed by atoms with Gasteiger partial charge in [-0.25, -0.2) is 0 Å². The lowest BCUT2D eigenvalue weighted by Gasteiger charge is -2.08. The van der Waals surface area contributed by atoms with Gasteiger partial charge in [-0.3, -0.25) is 0 Å². The van der Waals surface area contributed by atoms with E-state index < -0.39 is 0 Å². The first-order valence-corrected chi connectivity index (χ1v) is 7.90. The van der Waals surface area contributed by atoms with Gasteiger partial charge in [-0.2, -0.15) is 0 Å². The largest absolute Gasteiger partial charge is 0.390 e. The number of hydrogen-bond acceptors (Lipinski definition) is 3. The standard InChI is InChI=1S/C15H34N2O.2ClH/c1-2-3-4-5-6-7-8-9-10-11-12-17-14-15(18)13-16;;/h15,17-18H,2-14,16H2,1H3;2*1H. The summed E-state index contributed by atoms with van der Waals surface area (Å²) in [6.07, 6.45) is 13.3. The van der Waals surface area contributed by atoms with Crippen molar-refractivity contribution in [2.45, 2.75) is 77.2 Å². The first-order valence-electron chi connectivity index (χ1n) is 7.90. The Morgan fingerprint density at radius 2 is 1.30 bits per heavy atom. The van der Waals surface area contributed by atoms with Gasteiger partial charge in [-0.05, 0) is 13.0 Å². The molecule has 0 rings (SSSR count). The van der Waals surface area contributed by atoms with Crippen molar-refractivity contribution in [3.05, 3.63) is 0 Å². The van der Waals surface area contributed by atoms with Gasteiger partial charge in [0.25, 0.3) is 0 Å². The monoisotopic (exact) mass is 330 g/mol. The summed E-state index contributed by atoms with van der Waals surface area (Å²) in [4.78, 5) is 0. The van der Waals surface area contributed by atoms with E-state index in [1.165, 1.54) is 64.2 Å². The zero-order valence-electron chi connectivity index (χ0n) is 13.1. The van der Waals surface area contributed by atoms with Crippen molar-refractivity contribution in [1.29, 1.82) is 0 Å². The number of unbranched alkanes of at least 4 members (excludes halogenated alkanes) is 9. The van der Waals surface area contributed by atoms with Crippen molar-refractivity contribution in [2.75, 3.05) is 19.6 Å². The van der Waals surface area contributed by atoms with Gasteiger partial charge < -0.3 is 16.2 Å². The Morgan fingerprint density at radius 1 is 0.850 bits per heavy atom. The Kier molecular flexibility index (Phi) is 27.6. The van der Waals surface area contributed by atoms with Gasteiger partial charge in [0.15, 0.2) is 0 Å². The molecule has 4 N–H and O–H groups in total. The molecule has 0 radical (unpaired) electrons. The predicted octanol–water partition coefficient (Wildman–Crippen LogP) is 3.66. The molecule has 0 fully saturated rings. The van der Waals surface area contributed by atoms with Gasteiger partial charge in [0.1, 0.15) is 0 Å². The fourth-order valence-electron chi connectivity index (χ4n) is 2.09. The summed E-state index contributed by atoms with van der Waals surface area (Å²) in [7, 11) is 0. The average Bonchev–Trinajstić information content (AvgIpc) is 2.39. The fourth-order valence-corrected chi connectivity index (χ4v) is 2.09. The number of aliphatic hydroxyl groups is 1. The molecule has 5 heteroatoms. The van der Waals surface area contributed by atoms with Gasteiger partial charge in [-0.1, -0.05) is 64.7 Å². The summed E-state index contributed by atoms with van der Waals surface area (Å²) in [5.41, 5.74) is 5.32. The van der Waals surface area contributed by atoms with E-state index in [0.29, 0.717) is 13.1 Å². The molecular weight excluding hydrogens is 295 g/mol. The van der Waals surface area contributed by atoms with Gasteiger partial charge in [0.2, 0.25) is 0 Å². The number of aliphatic hydroxyl groups excluding tert-OH is 1. The predicted molar refractivity (Wildman–Crippen MR) is 94.3 cm³/mol. The second-order valence-electron chi connectivity index (χ2n) is 5.28. The molecule has 0 saturated heterocycles. The molecular formula is C15H36Cl2N2O. The topological polar surface area (TPSA) is 58.3 Å². The maximum atomic E-state index is 9.23. The van der Waals surface area contributed by atoms with Gasteiger partial charge in [0, 0.05) is 13.1 Å². The van der Waals surface area contributed by atoms with Gasteiger partial charge in [-0.15, -0.1) is 24.8 Å². The maximum absolute atomic E-state index is 9.23. The van der Waals surface area contributed by atoms with E-state index >= 15 is 0 Å². The minimum absolute atomic E-state index is 0. The van der Waals surface area contributed by atoms with Crippen molar-refractivity contribution in [3.63, 3.8) is 0 Å². The number of nitrogens with two attached hydrogens (primary N) is 1. The molecule has 0 bridgehead atoms. The molecule has 0 amide bonds. The van der Waals surface area contributed by atoms with Crippen LogP contribution in [0.15, 0.2) is 0 Å². The molecule has 1 unspecified atom stereocenters. The molecule has 0 spiro atoms. The number of nitrogens with one attached hydrogen (secondary N) is 1. The minimum atomic E-state index is -0.381. The van der Waals surface area contributed by atoms with Crippen molar-refractivity contribution in [1.82, 2.24) is 5.32 Å². The van der Waals surface area contributed by atoms with E-state index in [1.807, 2.05) is 0 Å². The first kappa shape index (κ1) is 25.4. The average molecular weight is 331 g/mol. The Labute approximate surface area is 138 Å². The van der Waals surface area contributed by atoms with Crippen LogP contribution in [0.1, 0.15) is 71.1 Å². The summed E-state index contributed by atoms with van der Waals surface area (Å²) < 4.78 is 0. The van der Waals surface area contributed by atoms with Crippen LogP contribution in [-0.2, 0) is 0 Å². The number of halogens is 2. The van der Waals surface area contributed by atoms with Gasteiger partial charge >= 0.3 is 0 Å². The third kappa shape index (κ3) is 20.8. The van der Waals surface area contributed by atoms with Crippen LogP contribution in [-0.4, -0.2) is 30.8 Å². The maximum Gasteiger partial charge on any atom is 0.0786 e. The summed E-state index contributed by atoms with van der Waals surface area (Å²) >= 11 is 0. The van der Waals surface area contributed by atoms with Gasteiger partial charge in [0.05, 0.1) is 6.10 Å². The Morgan fingerprint density at radius 3 is 1.75 bits per heavy atom. The first-order chi connectivity index (χ1) is 8.81. The van der Waals surface area contributed by atoms with E-state index in [2.05, 4.69) is 12.2 Å². The summed E-state index contributed by atoms with van der Waals surface area (Å²) in [5, 5.41) is 12.5. The van der Waals surface area contributed by atoms with Crippen molar-refractivity contribution >= 4 is 24.8 Å². The fraction of sp³-hybridized carbons (Fsp3) is 1.00. The molecule has 0 heterocycles. The lowest BCUT2D eigenvalue weighted by Crippen LogP contribution is -2.33. The zero-order valence-corrected chi connectivity index (χ0v) is 14.7. The molecule has 0 aromatic heterocycles. The Hall–Kier alpha value is 0.460. The van der Waals surface area contributed by atoms with E-state index in [0.717, 1.165) is 6.54 Å². The molecule has 0 aromatic rings. The lowest BCUT2D eigenvalue weighted by atomic mass is 10.1. The van der Waals surface area contributed by atoms with Crippen LogP contribution in [0, 0.1) is 0 Å². The van der Waals surface area contributed by atoms with Crippen LogP contribution in [0.5, 0.6) is 0 Å². The molecule has 3 nitrogen and oxygen atoms in total. The third-order valence-corrected chi connectivity index (χ3v) is 3.36. The molecule has 126 valence electrons. The number of rotatable bonds is 14. The van der Waals surface area contributed by atoms with Crippen LogP contribution >= 0.6 is 24.8 Å². The summed E-state index contributed by atoms with van der Waals surface area (Å²) in [5.74, 6) is 0. The molecule has 20 heavy (non-hydrogen) atoms. The molecule has 0 aliphatic rings. The lowest BCUT2D eigenvalue weighted by molar-refractivity contribution is 0.179. The van der Waals surface area contributed by atoms with E-state index in [4.69, 9.17) is 5.73 Å². The van der Waals surface area contributed by atoms with Crippen LogP contribution in [0.25, 0.3) is 0 Å². The smallest absolute Gasteiger partial charge is 0.0786 e. The summed E-state index contributed by atoms with van der Waals surface area (Å²) in [6.45, 7) is 4.26. The second-order valence-corrected chi connectivity index (χ2v) is 5.28. The highest BCUT2D eigenvalue weighted by Crippen LogP contribution is 2.10. The van der Waals surface area contributed by atoms with Crippen LogP contribution < -0.4 is 11.1 Å². The highest BCUT2D eigenvalue weighted by atomic mass is 35.5. The molecule has 0 aliphatic heterocycles. The highest BCUT2D eigenvalue weighted by Gasteiger charge is 1.98. The van der Waals surface area contributed by atoms with E-state index in [-0.39, 0.29) is 30.9 Å². The highest BCUT2D eigenvalue weighted by molar-refractivity contribution is 5.85. The third-order valence-electron chi connectivity index (χ3n) is 3.36. The van der Waals surface area contributed by atoms with Crippen molar-refractivity contribution < 1.29 is 5.11 Å². The van der Waals surface area contributed by atoms with Crippen LogP contribution in [0.4, 0.5) is 0 Å². The summed E-state index contributed by atoms with van der Waals surface area (Å²) in [6, 6.07) is 0. The van der Waals surface area contributed by atoms with Crippen LogP contribution in [0.3, 0.4) is 0 Å². The molecule has 0 aromatic carbocycles. The minimum Gasteiger partial charge on any atom is -0.390 e. The zero-order chi connectivity index (χ0) is 13.5. The van der Waals surface area contributed by atoms with E-state index in [1.54, 1.807) is 0 Å². The Bertz CT molecular complexity index is 163. The SMILES string of the molecule is CCCCCCCCCCCCNCC(O)CN.Cl.Cl. The molecule has 0 aliphatic carbocycles. The van der Waals surface area contributed by atoms with E-state index in [9.17, 15) is 5.11 Å². The normalized spacial score (nSPS) is 11.6. The van der Waals surface area contributed by atoms with Crippen LogP contribution in [0.2, 0.25) is 0 Å². The molecule has 0 saturated carbocycles. The Balaban J connectivity index is -0.00000144. The molecule has 1 atom stereocenters. The van der Waals surface area contributed by atoms with Crippen molar-refractivity contribution in [2.24, 2.45) is 5.73 Å².